The molecule has 24 heavy (non-hydrogen) atoms. The van der Waals surface area contributed by atoms with Crippen LogP contribution in [0.15, 0.2) is 78.9 Å². The van der Waals surface area contributed by atoms with Gasteiger partial charge in [0.05, 0.1) is 10.7 Å². The first kappa shape index (κ1) is 16.9. The summed E-state index contributed by atoms with van der Waals surface area (Å²) in [6, 6.07) is 26.9. The largest absolute Gasteiger partial charge is 0.362 e. The minimum absolute atomic E-state index is 0.470. The molecule has 0 radical (unpaired) electrons. The molecule has 0 saturated carbocycles. The lowest BCUT2D eigenvalue weighted by Gasteiger charge is -2.26. The molecule has 122 valence electrons. The van der Waals surface area contributed by atoms with Gasteiger partial charge in [-0.2, -0.15) is 0 Å². The zero-order valence-corrected chi connectivity index (χ0v) is 14.8. The quantitative estimate of drug-likeness (QED) is 0.470. The van der Waals surface area contributed by atoms with Gasteiger partial charge in [0.2, 0.25) is 0 Å². The van der Waals surface area contributed by atoms with Gasteiger partial charge in [-0.15, -0.1) is 11.6 Å². The van der Waals surface area contributed by atoms with Crippen LogP contribution in [0.1, 0.15) is 16.7 Å². The van der Waals surface area contributed by atoms with Crippen molar-refractivity contribution in [1.29, 1.82) is 0 Å². The molecule has 3 heteroatoms. The van der Waals surface area contributed by atoms with Crippen molar-refractivity contribution in [1.82, 2.24) is 0 Å². The molecule has 3 rings (SSSR count). The van der Waals surface area contributed by atoms with Gasteiger partial charge in [-0.05, 0) is 28.8 Å². The smallest absolute Gasteiger partial charge is 0.0642 e. The third-order valence-electron chi connectivity index (χ3n) is 3.94. The highest BCUT2D eigenvalue weighted by atomic mass is 35.5. The van der Waals surface area contributed by atoms with Gasteiger partial charge in [-0.1, -0.05) is 78.3 Å². The van der Waals surface area contributed by atoms with E-state index in [1.165, 1.54) is 11.1 Å². The molecule has 0 aromatic heterocycles. The number of nitrogens with zero attached hydrogens (tertiary/aromatic N) is 1. The molecule has 3 aromatic carbocycles. The predicted molar refractivity (Wildman–Crippen MR) is 104 cm³/mol. The third-order valence-corrected chi connectivity index (χ3v) is 4.55. The summed E-state index contributed by atoms with van der Waals surface area (Å²) in [6.07, 6.45) is 0. The fraction of sp³-hybridized carbons (Fsp3) is 0.143. The summed E-state index contributed by atoms with van der Waals surface area (Å²) >= 11 is 12.5. The van der Waals surface area contributed by atoms with Gasteiger partial charge in [-0.3, -0.25) is 0 Å². The molecule has 0 aliphatic carbocycles. The number of alkyl halides is 1. The van der Waals surface area contributed by atoms with Gasteiger partial charge < -0.3 is 4.90 Å². The Bertz CT molecular complexity index is 731. The Kier molecular flexibility index (Phi) is 5.79. The first-order valence-electron chi connectivity index (χ1n) is 7.93. The number of rotatable bonds is 6. The van der Waals surface area contributed by atoms with Crippen molar-refractivity contribution in [3.63, 3.8) is 0 Å². The Hall–Kier alpha value is -1.96. The van der Waals surface area contributed by atoms with Crippen LogP contribution in [0.3, 0.4) is 0 Å². The maximum absolute atomic E-state index is 6.54. The molecule has 0 amide bonds. The second kappa shape index (κ2) is 8.23. The van der Waals surface area contributed by atoms with E-state index in [0.29, 0.717) is 5.88 Å². The summed E-state index contributed by atoms with van der Waals surface area (Å²) in [5.41, 5.74) is 4.57. The van der Waals surface area contributed by atoms with E-state index < -0.39 is 0 Å². The van der Waals surface area contributed by atoms with E-state index in [2.05, 4.69) is 59.5 Å². The van der Waals surface area contributed by atoms with E-state index in [4.69, 9.17) is 23.2 Å². The van der Waals surface area contributed by atoms with Gasteiger partial charge in [0.15, 0.2) is 0 Å². The highest BCUT2D eigenvalue weighted by Gasteiger charge is 2.12. The van der Waals surface area contributed by atoms with Gasteiger partial charge in [0.1, 0.15) is 0 Å². The molecule has 0 bridgehead atoms. The van der Waals surface area contributed by atoms with Crippen LogP contribution in [0.5, 0.6) is 0 Å². The summed E-state index contributed by atoms with van der Waals surface area (Å²) in [7, 11) is 0. The highest BCUT2D eigenvalue weighted by molar-refractivity contribution is 6.33. The van der Waals surface area contributed by atoms with Crippen LogP contribution in [0, 0.1) is 0 Å². The molecule has 0 atom stereocenters. The standard InChI is InChI=1S/C21H19Cl2N/c22-14-19-11-12-21(20(23)13-19)24(15-17-7-3-1-4-8-17)16-18-9-5-2-6-10-18/h1-13H,14-16H2. The Morgan fingerprint density at radius 1 is 0.667 bits per heavy atom. The first-order chi connectivity index (χ1) is 11.8. The van der Waals surface area contributed by atoms with Gasteiger partial charge >= 0.3 is 0 Å². The number of hydrogen-bond donors (Lipinski definition) is 0. The molecule has 3 aromatic rings. The Morgan fingerprint density at radius 2 is 1.21 bits per heavy atom. The molecular formula is C21H19Cl2N. The van der Waals surface area contributed by atoms with Crippen LogP contribution < -0.4 is 4.90 Å². The van der Waals surface area contributed by atoms with Crippen LogP contribution in [-0.4, -0.2) is 0 Å². The first-order valence-corrected chi connectivity index (χ1v) is 8.84. The molecule has 0 aliphatic rings. The van der Waals surface area contributed by atoms with Gasteiger partial charge in [-0.25, -0.2) is 0 Å². The Morgan fingerprint density at radius 3 is 1.67 bits per heavy atom. The maximum atomic E-state index is 6.54. The number of anilines is 1. The Balaban J connectivity index is 1.92. The molecule has 0 N–H and O–H groups in total. The van der Waals surface area contributed by atoms with Crippen molar-refractivity contribution < 1.29 is 0 Å². The second-order valence-electron chi connectivity index (χ2n) is 5.75. The number of halogens is 2. The monoisotopic (exact) mass is 355 g/mol. The summed E-state index contributed by atoms with van der Waals surface area (Å²) in [6.45, 7) is 1.60. The molecule has 0 aliphatic heterocycles. The lowest BCUT2D eigenvalue weighted by atomic mass is 10.1. The van der Waals surface area contributed by atoms with Crippen LogP contribution >= 0.6 is 23.2 Å². The summed E-state index contributed by atoms with van der Waals surface area (Å²) in [5, 5.41) is 0.736. The van der Waals surface area contributed by atoms with Crippen LogP contribution in [0.4, 0.5) is 5.69 Å². The highest BCUT2D eigenvalue weighted by Crippen LogP contribution is 2.30. The maximum Gasteiger partial charge on any atom is 0.0642 e. The van der Waals surface area contributed by atoms with Crippen LogP contribution in [-0.2, 0) is 19.0 Å². The van der Waals surface area contributed by atoms with Crippen molar-refractivity contribution in [3.8, 4) is 0 Å². The van der Waals surface area contributed by atoms with E-state index in [1.54, 1.807) is 0 Å². The van der Waals surface area contributed by atoms with E-state index >= 15 is 0 Å². The van der Waals surface area contributed by atoms with Crippen LogP contribution in [0.2, 0.25) is 5.02 Å². The van der Waals surface area contributed by atoms with E-state index in [1.807, 2.05) is 24.3 Å². The lowest BCUT2D eigenvalue weighted by molar-refractivity contribution is 0.800. The average Bonchev–Trinajstić information content (AvgIpc) is 2.63. The van der Waals surface area contributed by atoms with Crippen molar-refractivity contribution in [2.75, 3.05) is 4.90 Å². The van der Waals surface area contributed by atoms with Crippen LogP contribution in [0.25, 0.3) is 0 Å². The zero-order valence-electron chi connectivity index (χ0n) is 13.3. The lowest BCUT2D eigenvalue weighted by Crippen LogP contribution is -2.22. The summed E-state index contributed by atoms with van der Waals surface area (Å²) < 4.78 is 0. The number of hydrogen-bond acceptors (Lipinski definition) is 1. The molecule has 0 saturated heterocycles. The van der Waals surface area contributed by atoms with Crippen molar-refractivity contribution >= 4 is 28.9 Å². The van der Waals surface area contributed by atoms with E-state index in [0.717, 1.165) is 29.4 Å². The SMILES string of the molecule is ClCc1ccc(N(Cc2ccccc2)Cc2ccccc2)c(Cl)c1. The van der Waals surface area contributed by atoms with Crippen molar-refractivity contribution in [3.05, 3.63) is 101 Å². The third kappa shape index (κ3) is 4.31. The molecule has 0 heterocycles. The van der Waals surface area contributed by atoms with Crippen molar-refractivity contribution in [2.24, 2.45) is 0 Å². The van der Waals surface area contributed by atoms with Gasteiger partial charge in [0, 0.05) is 19.0 Å². The normalized spacial score (nSPS) is 10.6. The van der Waals surface area contributed by atoms with E-state index in [-0.39, 0.29) is 0 Å². The minimum atomic E-state index is 0.470. The van der Waals surface area contributed by atoms with E-state index in [9.17, 15) is 0 Å². The summed E-state index contributed by atoms with van der Waals surface area (Å²) in [4.78, 5) is 2.30. The minimum Gasteiger partial charge on any atom is -0.362 e. The molecule has 0 fully saturated rings. The topological polar surface area (TPSA) is 3.24 Å². The fourth-order valence-electron chi connectivity index (χ4n) is 2.72. The molecule has 0 unspecified atom stereocenters. The molecular weight excluding hydrogens is 337 g/mol. The second-order valence-corrected chi connectivity index (χ2v) is 6.42. The predicted octanol–water partition coefficient (Wildman–Crippen LogP) is 6.29. The summed E-state index contributed by atoms with van der Waals surface area (Å²) in [5.74, 6) is 0.470. The zero-order chi connectivity index (χ0) is 16.8. The average molecular weight is 356 g/mol. The molecule has 1 nitrogen and oxygen atoms in total. The Labute approximate surface area is 153 Å². The van der Waals surface area contributed by atoms with Crippen molar-refractivity contribution in [2.45, 2.75) is 19.0 Å². The fourth-order valence-corrected chi connectivity index (χ4v) is 3.21. The molecule has 0 spiro atoms. The number of benzene rings is 3. The van der Waals surface area contributed by atoms with Gasteiger partial charge in [0.25, 0.3) is 0 Å².